The predicted molar refractivity (Wildman–Crippen MR) is 64.2 cm³/mol. The average Bonchev–Trinajstić information content (AvgIpc) is 2.68. The summed E-state index contributed by atoms with van der Waals surface area (Å²) in [4.78, 5) is 22.3. The van der Waals surface area contributed by atoms with E-state index in [0.29, 0.717) is 0 Å². The van der Waals surface area contributed by atoms with Crippen LogP contribution < -0.4 is 10.0 Å². The van der Waals surface area contributed by atoms with Gasteiger partial charge in [-0.25, -0.2) is 17.5 Å². The number of rotatable bonds is 3. The fraction of sp³-hybridized carbons (Fsp3) is 0.273. The quantitative estimate of drug-likeness (QED) is 0.603. The Morgan fingerprint density at radius 2 is 2.05 bits per heavy atom. The van der Waals surface area contributed by atoms with Crippen molar-refractivity contribution in [1.82, 2.24) is 10.0 Å². The highest BCUT2D eigenvalue weighted by Crippen LogP contribution is 2.16. The van der Waals surface area contributed by atoms with Gasteiger partial charge in [0.15, 0.2) is 0 Å². The molecule has 0 aromatic heterocycles. The Hall–Kier alpha value is -2.00. The zero-order valence-electron chi connectivity index (χ0n) is 10.0. The number of β-amino-alcohol motifs (C(OH)–C–C–N with tert-alkyl or cyclic N) is 1. The number of aliphatic hydroxyl groups excluding tert-OH is 1. The Balaban J connectivity index is 2.23. The molecule has 3 N–H and O–H groups in total. The lowest BCUT2D eigenvalue weighted by Crippen LogP contribution is -2.42. The van der Waals surface area contributed by atoms with Gasteiger partial charge >= 0.3 is 0 Å². The van der Waals surface area contributed by atoms with Gasteiger partial charge in [0.05, 0.1) is 6.10 Å². The van der Waals surface area contributed by atoms with Crippen molar-refractivity contribution in [3.8, 4) is 0 Å². The number of carbonyl (C=O) groups is 2. The zero-order chi connectivity index (χ0) is 14.9. The molecule has 1 aliphatic rings. The third kappa shape index (κ3) is 2.63. The van der Waals surface area contributed by atoms with Crippen LogP contribution in [0, 0.1) is 11.7 Å². The summed E-state index contributed by atoms with van der Waals surface area (Å²) in [5, 5.41) is 11.7. The van der Waals surface area contributed by atoms with E-state index in [2.05, 4.69) is 5.32 Å². The SMILES string of the molecule is O=C1NCC(O)C1C(=O)NS(=O)(=O)c1ccccc1F. The van der Waals surface area contributed by atoms with Gasteiger partial charge in [-0.3, -0.25) is 9.59 Å². The monoisotopic (exact) mass is 302 g/mol. The van der Waals surface area contributed by atoms with Gasteiger partial charge < -0.3 is 10.4 Å². The summed E-state index contributed by atoms with van der Waals surface area (Å²) in [6.07, 6.45) is -1.32. The van der Waals surface area contributed by atoms with Crippen LogP contribution in [0.3, 0.4) is 0 Å². The number of benzene rings is 1. The molecule has 1 aliphatic heterocycles. The molecule has 7 nitrogen and oxygen atoms in total. The number of halogens is 1. The van der Waals surface area contributed by atoms with Crippen molar-refractivity contribution in [2.75, 3.05) is 6.54 Å². The van der Waals surface area contributed by atoms with Crippen molar-refractivity contribution >= 4 is 21.8 Å². The van der Waals surface area contributed by atoms with E-state index < -0.39 is 44.6 Å². The maximum Gasteiger partial charge on any atom is 0.266 e. The van der Waals surface area contributed by atoms with Crippen LogP contribution in [-0.2, 0) is 19.6 Å². The molecule has 2 atom stereocenters. The lowest BCUT2D eigenvalue weighted by atomic mass is 10.1. The minimum atomic E-state index is -4.44. The van der Waals surface area contributed by atoms with Crippen LogP contribution in [0.5, 0.6) is 0 Å². The van der Waals surface area contributed by atoms with Gasteiger partial charge in [0.1, 0.15) is 16.6 Å². The van der Waals surface area contributed by atoms with Gasteiger partial charge in [0.2, 0.25) is 11.8 Å². The minimum Gasteiger partial charge on any atom is -0.390 e. The Bertz CT molecular complexity index is 661. The van der Waals surface area contributed by atoms with Gasteiger partial charge in [-0.1, -0.05) is 12.1 Å². The largest absolute Gasteiger partial charge is 0.390 e. The molecule has 1 heterocycles. The molecule has 0 radical (unpaired) electrons. The molecular weight excluding hydrogens is 291 g/mol. The van der Waals surface area contributed by atoms with E-state index in [4.69, 9.17) is 0 Å². The minimum absolute atomic E-state index is 0.142. The zero-order valence-corrected chi connectivity index (χ0v) is 10.9. The molecule has 0 saturated carbocycles. The molecule has 1 saturated heterocycles. The van der Waals surface area contributed by atoms with Crippen molar-refractivity contribution < 1.29 is 27.5 Å². The van der Waals surface area contributed by atoms with E-state index in [0.717, 1.165) is 12.1 Å². The van der Waals surface area contributed by atoms with E-state index in [9.17, 15) is 27.5 Å². The number of aliphatic hydroxyl groups is 1. The second-order valence-electron chi connectivity index (χ2n) is 4.19. The lowest BCUT2D eigenvalue weighted by Gasteiger charge is -2.12. The highest BCUT2D eigenvalue weighted by atomic mass is 32.2. The summed E-state index contributed by atoms with van der Waals surface area (Å²) < 4.78 is 38.7. The standard InChI is InChI=1S/C11H11FN2O5S/c12-6-3-1-2-4-8(6)20(18,19)14-11(17)9-7(15)5-13-10(9)16/h1-4,7,9,15H,5H2,(H,13,16)(H,14,17). The Labute approximate surface area is 113 Å². The number of nitrogens with one attached hydrogen (secondary N) is 2. The first-order valence-electron chi connectivity index (χ1n) is 5.60. The highest BCUT2D eigenvalue weighted by molar-refractivity contribution is 7.90. The third-order valence-corrected chi connectivity index (χ3v) is 4.18. The molecular formula is C11H11FN2O5S. The summed E-state index contributed by atoms with van der Waals surface area (Å²) in [6.45, 7) is -0.142. The molecule has 2 unspecified atom stereocenters. The van der Waals surface area contributed by atoms with Gasteiger partial charge in [-0.05, 0) is 12.1 Å². The molecule has 20 heavy (non-hydrogen) atoms. The fourth-order valence-electron chi connectivity index (χ4n) is 1.82. The smallest absolute Gasteiger partial charge is 0.266 e. The second-order valence-corrected chi connectivity index (χ2v) is 5.84. The number of carbonyl (C=O) groups excluding carboxylic acids is 2. The molecule has 0 bridgehead atoms. The first kappa shape index (κ1) is 14.4. The van der Waals surface area contributed by atoms with E-state index in [1.54, 1.807) is 4.72 Å². The maximum atomic E-state index is 13.4. The van der Waals surface area contributed by atoms with Crippen LogP contribution in [0.15, 0.2) is 29.2 Å². The van der Waals surface area contributed by atoms with Crippen LogP contribution in [0.2, 0.25) is 0 Å². The summed E-state index contributed by atoms with van der Waals surface area (Å²) >= 11 is 0. The normalized spacial score (nSPS) is 22.4. The fourth-order valence-corrected chi connectivity index (χ4v) is 2.90. The predicted octanol–water partition coefficient (Wildman–Crippen LogP) is -1.26. The average molecular weight is 302 g/mol. The number of amides is 2. The van der Waals surface area contributed by atoms with E-state index in [1.807, 2.05) is 0 Å². The summed E-state index contributed by atoms with van der Waals surface area (Å²) in [7, 11) is -4.44. The molecule has 1 aromatic rings. The first-order valence-corrected chi connectivity index (χ1v) is 7.08. The van der Waals surface area contributed by atoms with Crippen molar-refractivity contribution in [1.29, 1.82) is 0 Å². The van der Waals surface area contributed by atoms with Gasteiger partial charge in [0, 0.05) is 6.54 Å². The summed E-state index contributed by atoms with van der Waals surface area (Å²) in [5.41, 5.74) is 0. The van der Waals surface area contributed by atoms with Crippen LogP contribution in [0.1, 0.15) is 0 Å². The van der Waals surface area contributed by atoms with Crippen molar-refractivity contribution in [3.05, 3.63) is 30.1 Å². The van der Waals surface area contributed by atoms with E-state index in [1.165, 1.54) is 12.1 Å². The Morgan fingerprint density at radius 3 is 2.60 bits per heavy atom. The molecule has 2 rings (SSSR count). The van der Waals surface area contributed by atoms with Gasteiger partial charge in [-0.15, -0.1) is 0 Å². The Kier molecular flexibility index (Phi) is 3.73. The van der Waals surface area contributed by atoms with Crippen LogP contribution in [0.25, 0.3) is 0 Å². The lowest BCUT2D eigenvalue weighted by molar-refractivity contribution is -0.134. The third-order valence-electron chi connectivity index (χ3n) is 2.80. The van der Waals surface area contributed by atoms with Crippen LogP contribution in [-0.4, -0.2) is 38.0 Å². The summed E-state index contributed by atoms with van der Waals surface area (Å²) in [6, 6.07) is 4.50. The molecule has 1 fully saturated rings. The summed E-state index contributed by atoms with van der Waals surface area (Å²) in [5.74, 6) is -4.53. The van der Waals surface area contributed by atoms with Crippen molar-refractivity contribution in [2.45, 2.75) is 11.0 Å². The highest BCUT2D eigenvalue weighted by Gasteiger charge is 2.41. The number of hydrogen-bond donors (Lipinski definition) is 3. The first-order chi connectivity index (χ1) is 9.33. The van der Waals surface area contributed by atoms with E-state index >= 15 is 0 Å². The molecule has 0 spiro atoms. The second kappa shape index (κ2) is 5.17. The Morgan fingerprint density at radius 1 is 1.40 bits per heavy atom. The van der Waals surface area contributed by atoms with Gasteiger partial charge in [-0.2, -0.15) is 0 Å². The number of sulfonamides is 1. The molecule has 0 aliphatic carbocycles. The van der Waals surface area contributed by atoms with Crippen LogP contribution >= 0.6 is 0 Å². The molecule has 9 heteroatoms. The van der Waals surface area contributed by atoms with Crippen LogP contribution in [0.4, 0.5) is 4.39 Å². The van der Waals surface area contributed by atoms with E-state index in [-0.39, 0.29) is 6.54 Å². The molecule has 2 amide bonds. The molecule has 108 valence electrons. The maximum absolute atomic E-state index is 13.4. The number of hydrogen-bond acceptors (Lipinski definition) is 5. The van der Waals surface area contributed by atoms with Gasteiger partial charge in [0.25, 0.3) is 10.0 Å². The topological polar surface area (TPSA) is 113 Å². The van der Waals surface area contributed by atoms with Crippen molar-refractivity contribution in [3.63, 3.8) is 0 Å². The molecule has 1 aromatic carbocycles. The van der Waals surface area contributed by atoms with Crippen molar-refractivity contribution in [2.24, 2.45) is 5.92 Å².